The Balaban J connectivity index is 1.66. The molecule has 27 heavy (non-hydrogen) atoms. The summed E-state index contributed by atoms with van der Waals surface area (Å²) in [5.41, 5.74) is 0.861. The van der Waals surface area contributed by atoms with Crippen LogP contribution in [0.5, 0.6) is 0 Å². The highest BCUT2D eigenvalue weighted by Gasteiger charge is 2.46. The maximum atomic E-state index is 13.2. The topological polar surface area (TPSA) is 75.4 Å². The first-order valence-corrected chi connectivity index (χ1v) is 8.32. The molecule has 0 saturated carbocycles. The number of aromatic nitrogens is 4. The minimum absolute atomic E-state index is 0.0317. The second kappa shape index (κ2) is 6.53. The van der Waals surface area contributed by atoms with E-state index in [2.05, 4.69) is 20.4 Å². The maximum Gasteiger partial charge on any atom is 0.408 e. The van der Waals surface area contributed by atoms with Gasteiger partial charge in [0.1, 0.15) is 17.4 Å². The van der Waals surface area contributed by atoms with Gasteiger partial charge in [-0.1, -0.05) is 0 Å². The molecule has 140 valence electrons. The van der Waals surface area contributed by atoms with Crippen molar-refractivity contribution in [3.8, 4) is 0 Å². The predicted molar refractivity (Wildman–Crippen MR) is 91.6 cm³/mol. The van der Waals surface area contributed by atoms with Gasteiger partial charge >= 0.3 is 6.18 Å². The molecule has 0 unspecified atom stereocenters. The van der Waals surface area contributed by atoms with E-state index in [9.17, 15) is 18.0 Å². The fraction of sp³-hybridized carbons (Fsp3) is 0.294. The third-order valence-electron chi connectivity index (χ3n) is 4.44. The van der Waals surface area contributed by atoms with Crippen LogP contribution in [0.2, 0.25) is 0 Å². The standard InChI is InChI=1S/C17H15F3N6O/c18-17(19,20)13-4-2-7-25(13)14-5-8-26-15(24-14)12(10-22-26)16(27)23-11-3-1-6-21-9-11/h1,3,5-6,8-10,13H,2,4,7H2,(H,23,27)/t13-/m1/s1. The Morgan fingerprint density at radius 2 is 2.11 bits per heavy atom. The van der Waals surface area contributed by atoms with Gasteiger partial charge in [0.2, 0.25) is 0 Å². The highest BCUT2D eigenvalue weighted by molar-refractivity contribution is 6.08. The molecule has 1 aliphatic heterocycles. The molecule has 7 nitrogen and oxygen atoms in total. The fourth-order valence-corrected chi connectivity index (χ4v) is 3.20. The number of amides is 1. The minimum atomic E-state index is -4.33. The molecule has 0 radical (unpaired) electrons. The molecular weight excluding hydrogens is 361 g/mol. The molecule has 4 heterocycles. The van der Waals surface area contributed by atoms with Gasteiger partial charge in [0.15, 0.2) is 5.65 Å². The SMILES string of the molecule is O=C(Nc1cccnc1)c1cnn2ccc(N3CCC[C@@H]3C(F)(F)F)nc12. The third-order valence-corrected chi connectivity index (χ3v) is 4.44. The van der Waals surface area contributed by atoms with Crippen LogP contribution in [0, 0.1) is 0 Å². The van der Waals surface area contributed by atoms with Gasteiger partial charge in [0.25, 0.3) is 5.91 Å². The zero-order valence-corrected chi connectivity index (χ0v) is 14.0. The summed E-state index contributed by atoms with van der Waals surface area (Å²) in [7, 11) is 0. The first-order valence-electron chi connectivity index (χ1n) is 8.32. The number of hydrogen-bond donors (Lipinski definition) is 1. The molecule has 4 rings (SSSR count). The number of halogens is 3. The van der Waals surface area contributed by atoms with E-state index in [1.54, 1.807) is 18.3 Å². The lowest BCUT2D eigenvalue weighted by Gasteiger charge is -2.27. The van der Waals surface area contributed by atoms with E-state index in [1.807, 2.05) is 0 Å². The molecule has 10 heteroatoms. The van der Waals surface area contributed by atoms with Crippen LogP contribution >= 0.6 is 0 Å². The van der Waals surface area contributed by atoms with Crippen molar-refractivity contribution in [2.24, 2.45) is 0 Å². The summed E-state index contributed by atoms with van der Waals surface area (Å²) < 4.78 is 41.1. The van der Waals surface area contributed by atoms with Crippen LogP contribution in [-0.4, -0.2) is 44.3 Å². The van der Waals surface area contributed by atoms with Gasteiger partial charge in [-0.2, -0.15) is 18.3 Å². The van der Waals surface area contributed by atoms with E-state index < -0.39 is 18.1 Å². The number of anilines is 2. The van der Waals surface area contributed by atoms with Crippen molar-refractivity contribution in [2.75, 3.05) is 16.8 Å². The third kappa shape index (κ3) is 3.29. The van der Waals surface area contributed by atoms with Crippen LogP contribution in [0.1, 0.15) is 23.2 Å². The largest absolute Gasteiger partial charge is 0.408 e. The van der Waals surface area contributed by atoms with E-state index in [0.29, 0.717) is 12.1 Å². The number of pyridine rings is 1. The quantitative estimate of drug-likeness (QED) is 0.761. The molecule has 1 aliphatic rings. The van der Waals surface area contributed by atoms with Gasteiger partial charge in [-0.05, 0) is 31.0 Å². The second-order valence-electron chi connectivity index (χ2n) is 6.20. The van der Waals surface area contributed by atoms with Gasteiger partial charge in [-0.25, -0.2) is 9.50 Å². The minimum Gasteiger partial charge on any atom is -0.344 e. The molecular formula is C17H15F3N6O. The Hall–Kier alpha value is -3.17. The summed E-state index contributed by atoms with van der Waals surface area (Å²) in [5, 5.41) is 6.72. The smallest absolute Gasteiger partial charge is 0.344 e. The lowest BCUT2D eigenvalue weighted by Crippen LogP contribution is -2.41. The highest BCUT2D eigenvalue weighted by atomic mass is 19.4. The van der Waals surface area contributed by atoms with Gasteiger partial charge in [0.05, 0.1) is 18.1 Å². The summed E-state index contributed by atoms with van der Waals surface area (Å²) in [6, 6.07) is 3.26. The Morgan fingerprint density at radius 1 is 1.26 bits per heavy atom. The number of rotatable bonds is 3. The zero-order valence-electron chi connectivity index (χ0n) is 14.0. The van der Waals surface area contributed by atoms with Crippen molar-refractivity contribution < 1.29 is 18.0 Å². The lowest BCUT2D eigenvalue weighted by atomic mass is 10.2. The Bertz CT molecular complexity index is 972. The van der Waals surface area contributed by atoms with Crippen LogP contribution < -0.4 is 10.2 Å². The Labute approximate surface area is 151 Å². The molecule has 1 atom stereocenters. The normalized spacial score (nSPS) is 17.4. The zero-order chi connectivity index (χ0) is 19.0. The van der Waals surface area contributed by atoms with Crippen LogP contribution in [0.3, 0.4) is 0 Å². The number of hydrogen-bond acceptors (Lipinski definition) is 5. The second-order valence-corrected chi connectivity index (χ2v) is 6.20. The van der Waals surface area contributed by atoms with Gasteiger partial charge in [-0.3, -0.25) is 9.78 Å². The average molecular weight is 376 g/mol. The van der Waals surface area contributed by atoms with Gasteiger partial charge in [-0.15, -0.1) is 0 Å². The average Bonchev–Trinajstić information content (AvgIpc) is 3.29. The Morgan fingerprint density at radius 3 is 2.85 bits per heavy atom. The van der Waals surface area contributed by atoms with E-state index in [-0.39, 0.29) is 30.0 Å². The van der Waals surface area contributed by atoms with E-state index >= 15 is 0 Å². The molecule has 1 N–H and O–H groups in total. The van der Waals surface area contributed by atoms with Crippen LogP contribution in [0.4, 0.5) is 24.7 Å². The van der Waals surface area contributed by atoms with Gasteiger partial charge in [0, 0.05) is 18.9 Å². The van der Waals surface area contributed by atoms with Crippen molar-refractivity contribution in [3.05, 3.63) is 48.5 Å². The molecule has 1 fully saturated rings. The summed E-state index contributed by atoms with van der Waals surface area (Å²) in [6.07, 6.45) is 2.04. The van der Waals surface area contributed by atoms with E-state index in [4.69, 9.17) is 0 Å². The summed E-state index contributed by atoms with van der Waals surface area (Å²) in [4.78, 5) is 22.0. The first kappa shape index (κ1) is 17.3. The number of carbonyl (C=O) groups excluding carboxylic acids is 1. The molecule has 3 aromatic rings. The summed E-state index contributed by atoms with van der Waals surface area (Å²) in [5.74, 6) is -0.283. The van der Waals surface area contributed by atoms with E-state index in [1.165, 1.54) is 34.1 Å². The van der Waals surface area contributed by atoms with Crippen molar-refractivity contribution in [1.29, 1.82) is 0 Å². The molecule has 3 aromatic heterocycles. The van der Waals surface area contributed by atoms with Crippen LogP contribution in [0.25, 0.3) is 5.65 Å². The first-order chi connectivity index (χ1) is 12.9. The van der Waals surface area contributed by atoms with Crippen molar-refractivity contribution >= 4 is 23.1 Å². The molecule has 0 spiro atoms. The molecule has 0 aromatic carbocycles. The van der Waals surface area contributed by atoms with Crippen molar-refractivity contribution in [1.82, 2.24) is 19.6 Å². The highest BCUT2D eigenvalue weighted by Crippen LogP contribution is 2.35. The molecule has 0 bridgehead atoms. The van der Waals surface area contributed by atoms with Gasteiger partial charge < -0.3 is 10.2 Å². The number of nitrogens with zero attached hydrogens (tertiary/aromatic N) is 5. The summed E-state index contributed by atoms with van der Waals surface area (Å²) >= 11 is 0. The van der Waals surface area contributed by atoms with Crippen LogP contribution in [-0.2, 0) is 0 Å². The van der Waals surface area contributed by atoms with Crippen molar-refractivity contribution in [3.63, 3.8) is 0 Å². The molecule has 0 aliphatic carbocycles. The maximum absolute atomic E-state index is 13.2. The van der Waals surface area contributed by atoms with Crippen molar-refractivity contribution in [2.45, 2.75) is 25.1 Å². The number of alkyl halides is 3. The van der Waals surface area contributed by atoms with Crippen LogP contribution in [0.15, 0.2) is 43.0 Å². The summed E-state index contributed by atoms with van der Waals surface area (Å²) in [6.45, 7) is 0.263. The predicted octanol–water partition coefficient (Wildman–Crippen LogP) is 2.91. The van der Waals surface area contributed by atoms with E-state index in [0.717, 1.165) is 0 Å². The number of nitrogens with one attached hydrogen (secondary N) is 1. The number of fused-ring (bicyclic) bond motifs is 1. The number of carbonyl (C=O) groups is 1. The molecule has 1 amide bonds. The fourth-order valence-electron chi connectivity index (χ4n) is 3.20. The lowest BCUT2D eigenvalue weighted by molar-refractivity contribution is -0.146. The Kier molecular flexibility index (Phi) is 4.17. The molecule has 1 saturated heterocycles. The monoisotopic (exact) mass is 376 g/mol.